The smallest absolute Gasteiger partial charge is 0.318 e. The molecular weight excluding hydrogens is 304 g/mol. The molecule has 2 amide bonds. The fourth-order valence-electron chi connectivity index (χ4n) is 3.26. The molecule has 24 heavy (non-hydrogen) atoms. The number of urea groups is 1. The second kappa shape index (κ2) is 7.43. The van der Waals surface area contributed by atoms with Gasteiger partial charge in [-0.1, -0.05) is 26.0 Å². The predicted octanol–water partition coefficient (Wildman–Crippen LogP) is 3.36. The van der Waals surface area contributed by atoms with E-state index in [1.165, 1.54) is 0 Å². The lowest BCUT2D eigenvalue weighted by molar-refractivity contribution is -0.0241. The molecule has 0 aliphatic carbocycles. The molecule has 2 aliphatic rings. The third-order valence-electron chi connectivity index (χ3n) is 4.63. The molecule has 2 heterocycles. The molecule has 5 heteroatoms. The van der Waals surface area contributed by atoms with Gasteiger partial charge in [0.05, 0.1) is 24.9 Å². The quantitative estimate of drug-likeness (QED) is 0.899. The maximum Gasteiger partial charge on any atom is 0.318 e. The zero-order valence-electron chi connectivity index (χ0n) is 14.8. The lowest BCUT2D eigenvalue weighted by atomic mass is 10.1. The number of hydrogen-bond acceptors (Lipinski definition) is 3. The number of likely N-dealkylation sites (tertiary alicyclic amines) is 1. The Morgan fingerprint density at radius 1 is 1.21 bits per heavy atom. The molecule has 1 aromatic carbocycles. The van der Waals surface area contributed by atoms with Crippen molar-refractivity contribution < 1.29 is 14.3 Å². The van der Waals surface area contributed by atoms with Crippen molar-refractivity contribution in [2.75, 3.05) is 19.7 Å². The van der Waals surface area contributed by atoms with Crippen LogP contribution in [0.25, 0.3) is 0 Å². The monoisotopic (exact) mass is 332 g/mol. The highest BCUT2D eigenvalue weighted by molar-refractivity contribution is 5.75. The highest BCUT2D eigenvalue weighted by atomic mass is 16.5. The summed E-state index contributed by atoms with van der Waals surface area (Å²) >= 11 is 0. The number of hydrogen-bond donors (Lipinski definition) is 1. The number of ether oxygens (including phenoxy) is 2. The van der Waals surface area contributed by atoms with E-state index in [1.807, 2.05) is 36.1 Å². The van der Waals surface area contributed by atoms with Crippen LogP contribution < -0.4 is 10.1 Å². The number of fused-ring (bicyclic) bond motifs is 2. The Morgan fingerprint density at radius 3 is 2.42 bits per heavy atom. The van der Waals surface area contributed by atoms with E-state index in [9.17, 15) is 4.79 Å². The SMILES string of the molecule is CC(C)COc1ccc(C(C)NC(=O)N2CC3CCC(C2)O3)cc1. The first kappa shape index (κ1) is 17.1. The van der Waals surface area contributed by atoms with Crippen molar-refractivity contribution in [1.82, 2.24) is 10.2 Å². The van der Waals surface area contributed by atoms with Gasteiger partial charge in [0, 0.05) is 13.1 Å². The van der Waals surface area contributed by atoms with Crippen molar-refractivity contribution in [2.24, 2.45) is 5.92 Å². The molecule has 0 spiro atoms. The van der Waals surface area contributed by atoms with Crippen LogP contribution in [0.15, 0.2) is 24.3 Å². The highest BCUT2D eigenvalue weighted by Crippen LogP contribution is 2.26. The van der Waals surface area contributed by atoms with Crippen molar-refractivity contribution in [3.8, 4) is 5.75 Å². The fraction of sp³-hybridized carbons (Fsp3) is 0.632. The van der Waals surface area contributed by atoms with E-state index in [4.69, 9.17) is 9.47 Å². The third kappa shape index (κ3) is 4.20. The Balaban J connectivity index is 1.52. The van der Waals surface area contributed by atoms with Gasteiger partial charge >= 0.3 is 6.03 Å². The van der Waals surface area contributed by atoms with Crippen LogP contribution in [0.2, 0.25) is 0 Å². The first-order valence-electron chi connectivity index (χ1n) is 8.95. The van der Waals surface area contributed by atoms with Gasteiger partial charge in [0.25, 0.3) is 0 Å². The standard InChI is InChI=1S/C19H28N2O3/c1-13(2)12-23-16-6-4-15(5-7-16)14(3)20-19(22)21-10-17-8-9-18(11-21)24-17/h4-7,13-14,17-18H,8-12H2,1-3H3,(H,20,22). The van der Waals surface area contributed by atoms with Gasteiger partial charge in [-0.15, -0.1) is 0 Å². The second-order valence-electron chi connectivity index (χ2n) is 7.31. The summed E-state index contributed by atoms with van der Waals surface area (Å²) in [6.07, 6.45) is 2.59. The first-order chi connectivity index (χ1) is 11.5. The largest absolute Gasteiger partial charge is 0.493 e. The third-order valence-corrected chi connectivity index (χ3v) is 4.63. The molecule has 3 rings (SSSR count). The van der Waals surface area contributed by atoms with Crippen LogP contribution in [-0.4, -0.2) is 42.8 Å². The maximum atomic E-state index is 12.5. The van der Waals surface area contributed by atoms with Crippen LogP contribution in [0.4, 0.5) is 4.79 Å². The Morgan fingerprint density at radius 2 is 1.83 bits per heavy atom. The number of carbonyl (C=O) groups excluding carboxylic acids is 1. The van der Waals surface area contributed by atoms with Gasteiger partial charge < -0.3 is 19.7 Å². The van der Waals surface area contributed by atoms with Crippen LogP contribution in [0.5, 0.6) is 5.75 Å². The number of amides is 2. The van der Waals surface area contributed by atoms with Crippen LogP contribution in [0.1, 0.15) is 45.2 Å². The minimum Gasteiger partial charge on any atom is -0.493 e. The normalized spacial score (nSPS) is 24.1. The summed E-state index contributed by atoms with van der Waals surface area (Å²) in [5.41, 5.74) is 1.08. The van der Waals surface area contributed by atoms with Crippen molar-refractivity contribution >= 4 is 6.03 Å². The lowest BCUT2D eigenvalue weighted by Gasteiger charge is -2.33. The Hall–Kier alpha value is -1.75. The van der Waals surface area contributed by atoms with Gasteiger partial charge in [-0.2, -0.15) is 0 Å². The zero-order valence-corrected chi connectivity index (χ0v) is 14.8. The van der Waals surface area contributed by atoms with Gasteiger partial charge in [-0.3, -0.25) is 0 Å². The van der Waals surface area contributed by atoms with Crippen molar-refractivity contribution in [3.63, 3.8) is 0 Å². The predicted molar refractivity (Wildman–Crippen MR) is 93.2 cm³/mol. The summed E-state index contributed by atoms with van der Waals surface area (Å²) < 4.78 is 11.5. The Kier molecular flexibility index (Phi) is 5.29. The fourth-order valence-corrected chi connectivity index (χ4v) is 3.26. The van der Waals surface area contributed by atoms with Crippen molar-refractivity contribution in [2.45, 2.75) is 51.9 Å². The summed E-state index contributed by atoms with van der Waals surface area (Å²) in [5, 5.41) is 3.10. The summed E-state index contributed by atoms with van der Waals surface area (Å²) in [6, 6.07) is 7.94. The molecule has 2 saturated heterocycles. The van der Waals surface area contributed by atoms with E-state index in [1.54, 1.807) is 0 Å². The van der Waals surface area contributed by atoms with Crippen molar-refractivity contribution in [3.05, 3.63) is 29.8 Å². The zero-order chi connectivity index (χ0) is 17.1. The van der Waals surface area contributed by atoms with Gasteiger partial charge in [-0.05, 0) is 43.4 Å². The summed E-state index contributed by atoms with van der Waals surface area (Å²) in [7, 11) is 0. The van der Waals surface area contributed by atoms with E-state index in [0.717, 1.165) is 24.2 Å². The molecule has 0 aromatic heterocycles. The van der Waals surface area contributed by atoms with Gasteiger partial charge in [0.15, 0.2) is 0 Å². The number of benzene rings is 1. The summed E-state index contributed by atoms with van der Waals surface area (Å²) in [5.74, 6) is 1.38. The molecule has 5 nitrogen and oxygen atoms in total. The minimum absolute atomic E-state index is 0.00262. The summed E-state index contributed by atoms with van der Waals surface area (Å²) in [6.45, 7) is 8.39. The molecule has 1 N–H and O–H groups in total. The maximum absolute atomic E-state index is 12.5. The summed E-state index contributed by atoms with van der Waals surface area (Å²) in [4.78, 5) is 14.4. The highest BCUT2D eigenvalue weighted by Gasteiger charge is 2.35. The molecule has 2 bridgehead atoms. The molecular formula is C19H28N2O3. The molecule has 0 saturated carbocycles. The molecule has 2 aliphatic heterocycles. The van der Waals surface area contributed by atoms with Crippen LogP contribution >= 0.6 is 0 Å². The molecule has 1 aromatic rings. The molecule has 3 unspecified atom stereocenters. The van der Waals surface area contributed by atoms with Gasteiger partial charge in [0.1, 0.15) is 5.75 Å². The van der Waals surface area contributed by atoms with Crippen LogP contribution in [0, 0.1) is 5.92 Å². The second-order valence-corrected chi connectivity index (χ2v) is 7.31. The number of morpholine rings is 1. The molecule has 132 valence electrons. The molecule has 3 atom stereocenters. The van der Waals surface area contributed by atoms with Crippen LogP contribution in [0.3, 0.4) is 0 Å². The Labute approximate surface area is 144 Å². The average molecular weight is 332 g/mol. The number of nitrogens with one attached hydrogen (secondary N) is 1. The molecule has 0 radical (unpaired) electrons. The van der Waals surface area contributed by atoms with E-state index < -0.39 is 0 Å². The van der Waals surface area contributed by atoms with E-state index >= 15 is 0 Å². The number of carbonyl (C=O) groups is 1. The minimum atomic E-state index is -0.0304. The van der Waals surface area contributed by atoms with Crippen LogP contribution in [-0.2, 0) is 4.74 Å². The van der Waals surface area contributed by atoms with Gasteiger partial charge in [0.2, 0.25) is 0 Å². The number of nitrogens with zero attached hydrogens (tertiary/aromatic N) is 1. The van der Waals surface area contributed by atoms with Gasteiger partial charge in [-0.25, -0.2) is 4.79 Å². The molecule has 2 fully saturated rings. The van der Waals surface area contributed by atoms with E-state index in [0.29, 0.717) is 25.6 Å². The van der Waals surface area contributed by atoms with E-state index in [2.05, 4.69) is 19.2 Å². The van der Waals surface area contributed by atoms with Crippen molar-refractivity contribution in [1.29, 1.82) is 0 Å². The first-order valence-corrected chi connectivity index (χ1v) is 8.95. The van der Waals surface area contributed by atoms with E-state index in [-0.39, 0.29) is 24.3 Å². The number of rotatable bonds is 5. The Bertz CT molecular complexity index is 546. The topological polar surface area (TPSA) is 50.8 Å². The lowest BCUT2D eigenvalue weighted by Crippen LogP contribution is -2.50. The average Bonchev–Trinajstić information content (AvgIpc) is 2.91.